The van der Waals surface area contributed by atoms with Crippen LogP contribution < -0.4 is 11.3 Å². The lowest BCUT2D eigenvalue weighted by molar-refractivity contribution is -0.157. The number of esters is 1. The first-order chi connectivity index (χ1) is 18.3. The summed E-state index contributed by atoms with van der Waals surface area (Å²) in [4.78, 5) is 30.0. The van der Waals surface area contributed by atoms with Crippen molar-refractivity contribution in [3.8, 4) is 11.4 Å². The molecule has 14 nitrogen and oxygen atoms in total. The second-order valence-corrected chi connectivity index (χ2v) is 12.5. The number of hydrazone groups is 1. The maximum absolute atomic E-state index is 13.4. The van der Waals surface area contributed by atoms with Gasteiger partial charge in [0, 0.05) is 22.1 Å². The Morgan fingerprint density at radius 1 is 1.23 bits per heavy atom. The smallest absolute Gasteiger partial charge is 0.340 e. The molecule has 0 fully saturated rings. The third-order valence-corrected chi connectivity index (χ3v) is 7.99. The number of nitrogens with two attached hydrogens (primary N) is 1. The third-order valence-electron chi connectivity index (χ3n) is 6.36. The maximum Gasteiger partial charge on any atom is 0.340 e. The number of aromatic nitrogens is 2. The molecule has 2 aromatic heterocycles. The van der Waals surface area contributed by atoms with E-state index >= 15 is 0 Å². The molecule has 2 aliphatic heterocycles. The van der Waals surface area contributed by atoms with Gasteiger partial charge in [0.25, 0.3) is 15.7 Å². The van der Waals surface area contributed by atoms with Crippen LogP contribution in [0.25, 0.3) is 22.3 Å². The van der Waals surface area contributed by atoms with Crippen molar-refractivity contribution in [1.82, 2.24) is 14.0 Å². The molecule has 206 valence electrons. The van der Waals surface area contributed by atoms with Gasteiger partial charge in [0.15, 0.2) is 6.10 Å². The highest BCUT2D eigenvalue weighted by Crippen LogP contribution is 2.41. The normalized spacial score (nSPS) is 16.7. The summed E-state index contributed by atoms with van der Waals surface area (Å²) in [6, 6.07) is 6.95. The molecule has 1 unspecified atom stereocenters. The fourth-order valence-corrected chi connectivity index (χ4v) is 5.65. The van der Waals surface area contributed by atoms with Crippen LogP contribution in [-0.4, -0.2) is 73.8 Å². The number of benzene rings is 1. The molecule has 3 N–H and O–H groups in total. The highest BCUT2D eigenvalue weighted by atomic mass is 32.2. The van der Waals surface area contributed by atoms with Crippen molar-refractivity contribution in [2.24, 2.45) is 5.10 Å². The van der Waals surface area contributed by atoms with Crippen molar-refractivity contribution < 1.29 is 35.7 Å². The van der Waals surface area contributed by atoms with Crippen LogP contribution in [0.15, 0.2) is 34.2 Å². The van der Waals surface area contributed by atoms with Gasteiger partial charge < -0.3 is 20.1 Å². The zero-order chi connectivity index (χ0) is 28.3. The molecule has 0 amide bonds. The molecule has 1 aromatic carbocycles. The first kappa shape index (κ1) is 26.7. The van der Waals surface area contributed by atoms with Crippen LogP contribution in [0, 0.1) is 0 Å². The van der Waals surface area contributed by atoms with Crippen LogP contribution in [0.1, 0.15) is 28.4 Å². The van der Waals surface area contributed by atoms with E-state index in [0.717, 1.165) is 12.5 Å². The summed E-state index contributed by atoms with van der Waals surface area (Å²) in [7, 11) is -7.71. The number of sulfonamides is 1. The molecule has 0 radical (unpaired) electrons. The molecular formula is C23H23N5O9S2. The predicted molar refractivity (Wildman–Crippen MR) is 140 cm³/mol. The van der Waals surface area contributed by atoms with Crippen LogP contribution in [0.5, 0.6) is 0 Å². The number of aliphatic hydroxyl groups is 1. The number of aliphatic hydroxyl groups excluding tert-OH is 1. The number of fused-ring (bicyclic) bond motifs is 5. The van der Waals surface area contributed by atoms with Gasteiger partial charge in [-0.1, -0.05) is 18.2 Å². The van der Waals surface area contributed by atoms with Gasteiger partial charge >= 0.3 is 5.97 Å². The predicted octanol–water partition coefficient (Wildman–Crippen LogP) is -0.331. The van der Waals surface area contributed by atoms with Crippen LogP contribution in [0.2, 0.25) is 0 Å². The van der Waals surface area contributed by atoms with Gasteiger partial charge in [-0.2, -0.15) is 17.9 Å². The topological polar surface area (TPSA) is 201 Å². The lowest BCUT2D eigenvalue weighted by atomic mass is 9.97. The number of carbonyl (C=O) groups excluding carboxylic acids is 1. The Hall–Kier alpha value is -3.86. The van der Waals surface area contributed by atoms with E-state index in [1.54, 1.807) is 24.3 Å². The summed E-state index contributed by atoms with van der Waals surface area (Å²) >= 11 is 0. The molecule has 4 heterocycles. The van der Waals surface area contributed by atoms with Crippen molar-refractivity contribution in [3.63, 3.8) is 0 Å². The number of nitrogen functional groups attached to an aromatic ring is 1. The number of rotatable bonds is 7. The largest absolute Gasteiger partial charge is 0.458 e. The summed E-state index contributed by atoms with van der Waals surface area (Å²) in [5, 5.41) is 15.1. The van der Waals surface area contributed by atoms with Gasteiger partial charge in [0.1, 0.15) is 6.61 Å². The maximum atomic E-state index is 13.4. The Labute approximate surface area is 222 Å². The van der Waals surface area contributed by atoms with Crippen molar-refractivity contribution in [1.29, 1.82) is 0 Å². The number of ether oxygens (including phenoxy) is 1. The number of nitrogens with zero attached hydrogens (tertiary/aromatic N) is 4. The lowest BCUT2D eigenvalue weighted by Gasteiger charge is -2.23. The van der Waals surface area contributed by atoms with Crippen LogP contribution >= 0.6 is 0 Å². The molecular weight excluding hydrogens is 554 g/mol. The van der Waals surface area contributed by atoms with E-state index in [4.69, 9.17) is 10.5 Å². The van der Waals surface area contributed by atoms with E-state index < -0.39 is 44.4 Å². The Kier molecular flexibility index (Phi) is 6.45. The van der Waals surface area contributed by atoms with Crippen molar-refractivity contribution in [2.45, 2.75) is 19.3 Å². The molecule has 0 saturated carbocycles. The van der Waals surface area contributed by atoms with Gasteiger partial charge in [0.05, 0.1) is 66.6 Å². The molecule has 3 aromatic rings. The number of hydrogen-bond acceptors (Lipinski definition) is 12. The molecule has 0 aliphatic carbocycles. The van der Waals surface area contributed by atoms with Crippen molar-refractivity contribution >= 4 is 48.9 Å². The van der Waals surface area contributed by atoms with E-state index in [1.165, 1.54) is 10.8 Å². The number of anilines is 1. The lowest BCUT2D eigenvalue weighted by Crippen LogP contribution is -2.33. The fraction of sp³-hybridized carbons (Fsp3) is 0.304. The number of pyridine rings is 2. The zero-order valence-electron chi connectivity index (χ0n) is 20.7. The summed E-state index contributed by atoms with van der Waals surface area (Å²) in [5.74, 6) is -0.920. The standard InChI is InChI=1S/C23H23N5O9S2/c1-38(32,33)28(7-8-37-39(2,34)35)25-9-13-12-5-3-4-6-16(12)26-19-14(13)10-27-20(19)18(24)17-15(22(27)30)11-36-23(31)21(17)29/h3-6,9,21,29H,7-8,10-11,24H2,1-2H3/b25-9+. The van der Waals surface area contributed by atoms with Gasteiger partial charge in [-0.3, -0.25) is 8.98 Å². The van der Waals surface area contributed by atoms with Gasteiger partial charge in [0.2, 0.25) is 10.0 Å². The Bertz CT molecular complexity index is 1850. The van der Waals surface area contributed by atoms with E-state index in [0.29, 0.717) is 32.1 Å². The molecule has 0 saturated heterocycles. The van der Waals surface area contributed by atoms with Crippen LogP contribution in [0.4, 0.5) is 5.69 Å². The van der Waals surface area contributed by atoms with Gasteiger partial charge in [-0.15, -0.1) is 0 Å². The Balaban J connectivity index is 1.67. The van der Waals surface area contributed by atoms with Crippen LogP contribution in [-0.2, 0) is 47.0 Å². The quantitative estimate of drug-likeness (QED) is 0.126. The minimum atomic E-state index is -3.91. The highest BCUT2D eigenvalue weighted by molar-refractivity contribution is 7.88. The number of hydrogen-bond donors (Lipinski definition) is 2. The minimum absolute atomic E-state index is 0.000272. The molecule has 0 bridgehead atoms. The number of para-hydroxylation sites is 1. The first-order valence-corrected chi connectivity index (χ1v) is 15.1. The molecule has 5 rings (SSSR count). The second kappa shape index (κ2) is 9.41. The fourth-order valence-electron chi connectivity index (χ4n) is 4.65. The van der Waals surface area contributed by atoms with E-state index in [1.807, 2.05) is 0 Å². The summed E-state index contributed by atoms with van der Waals surface area (Å²) in [5.41, 5.74) is 7.90. The van der Waals surface area contributed by atoms with Gasteiger partial charge in [-0.25, -0.2) is 18.2 Å². The average Bonchev–Trinajstić information content (AvgIpc) is 3.24. The Morgan fingerprint density at radius 3 is 2.64 bits per heavy atom. The number of carbonyl (C=O) groups is 1. The summed E-state index contributed by atoms with van der Waals surface area (Å²) < 4.78 is 58.9. The van der Waals surface area contributed by atoms with Crippen LogP contribution in [0.3, 0.4) is 0 Å². The second-order valence-electron chi connectivity index (χ2n) is 9.01. The van der Waals surface area contributed by atoms with E-state index in [9.17, 15) is 31.5 Å². The van der Waals surface area contributed by atoms with E-state index in [2.05, 4.69) is 14.3 Å². The van der Waals surface area contributed by atoms with E-state index in [-0.39, 0.29) is 42.2 Å². The van der Waals surface area contributed by atoms with Gasteiger partial charge in [-0.05, 0) is 6.07 Å². The molecule has 2 aliphatic rings. The summed E-state index contributed by atoms with van der Waals surface area (Å²) in [6.07, 6.45) is 1.32. The molecule has 1 atom stereocenters. The monoisotopic (exact) mass is 577 g/mol. The zero-order valence-corrected chi connectivity index (χ0v) is 22.3. The SMILES string of the molecule is CS(=O)(=O)OCCN(/N=C/c1c2c(nc3ccccc13)-c1c(N)c3c(c(=O)n1C2)COC(=O)C3O)S(C)(=O)=O. The van der Waals surface area contributed by atoms with Crippen molar-refractivity contribution in [3.05, 3.63) is 56.9 Å². The number of cyclic esters (lactones) is 1. The van der Waals surface area contributed by atoms with Crippen molar-refractivity contribution in [2.75, 3.05) is 31.4 Å². The molecule has 16 heteroatoms. The highest BCUT2D eigenvalue weighted by Gasteiger charge is 2.37. The average molecular weight is 578 g/mol. The Morgan fingerprint density at radius 2 is 1.95 bits per heavy atom. The first-order valence-electron chi connectivity index (χ1n) is 11.5. The summed E-state index contributed by atoms with van der Waals surface area (Å²) in [6.45, 7) is -1.17. The molecule has 39 heavy (non-hydrogen) atoms. The third kappa shape index (κ3) is 4.75. The minimum Gasteiger partial charge on any atom is -0.458 e. The molecule has 0 spiro atoms.